The summed E-state index contributed by atoms with van der Waals surface area (Å²) in [6, 6.07) is 1.06. The summed E-state index contributed by atoms with van der Waals surface area (Å²) in [5, 5.41) is 3.76. The molecule has 2 heterocycles. The Kier molecular flexibility index (Phi) is 5.22. The van der Waals surface area contributed by atoms with Crippen LogP contribution in [0.4, 0.5) is 0 Å². The first kappa shape index (κ1) is 14.8. The molecule has 2 fully saturated rings. The van der Waals surface area contributed by atoms with Gasteiger partial charge in [0.25, 0.3) is 0 Å². The van der Waals surface area contributed by atoms with Gasteiger partial charge in [-0.2, -0.15) is 0 Å². The van der Waals surface area contributed by atoms with Gasteiger partial charge in [-0.3, -0.25) is 4.79 Å². The maximum atomic E-state index is 11.5. The fourth-order valence-electron chi connectivity index (χ4n) is 3.43. The molecule has 1 N–H and O–H groups in total. The summed E-state index contributed by atoms with van der Waals surface area (Å²) < 4.78 is 0. The lowest BCUT2D eigenvalue weighted by atomic mass is 9.89. The van der Waals surface area contributed by atoms with Crippen molar-refractivity contribution in [3.8, 4) is 0 Å². The second-order valence-electron chi connectivity index (χ2n) is 6.24. The second-order valence-corrected chi connectivity index (χ2v) is 6.24. The minimum atomic E-state index is 0.293. The van der Waals surface area contributed by atoms with E-state index in [4.69, 9.17) is 0 Å². The third-order valence-corrected chi connectivity index (χ3v) is 4.91. The van der Waals surface area contributed by atoms with Gasteiger partial charge < -0.3 is 15.1 Å². The van der Waals surface area contributed by atoms with E-state index < -0.39 is 0 Å². The molecule has 19 heavy (non-hydrogen) atoms. The number of nitrogens with zero attached hydrogens (tertiary/aromatic N) is 2. The Bertz CT molecular complexity index is 300. The number of hydrogen-bond donors (Lipinski definition) is 1. The maximum absolute atomic E-state index is 11.5. The number of hydrogen-bond acceptors (Lipinski definition) is 3. The van der Waals surface area contributed by atoms with Gasteiger partial charge in [-0.1, -0.05) is 6.92 Å². The first-order valence-corrected chi connectivity index (χ1v) is 7.82. The zero-order valence-electron chi connectivity index (χ0n) is 12.7. The van der Waals surface area contributed by atoms with Crippen LogP contribution < -0.4 is 5.32 Å². The van der Waals surface area contributed by atoms with Crippen LogP contribution in [0.5, 0.6) is 0 Å². The summed E-state index contributed by atoms with van der Waals surface area (Å²) in [6.07, 6.45) is 4.32. The van der Waals surface area contributed by atoms with E-state index in [9.17, 15) is 4.79 Å². The fourth-order valence-corrected chi connectivity index (χ4v) is 3.43. The van der Waals surface area contributed by atoms with E-state index in [1.54, 1.807) is 0 Å². The van der Waals surface area contributed by atoms with Crippen molar-refractivity contribution in [2.24, 2.45) is 5.92 Å². The Labute approximate surface area is 117 Å². The van der Waals surface area contributed by atoms with Gasteiger partial charge in [0.05, 0.1) is 0 Å². The molecule has 4 heteroatoms. The third-order valence-electron chi connectivity index (χ3n) is 4.91. The molecule has 0 aliphatic carbocycles. The standard InChI is InChI=1S/C15H29N3O/c1-4-18-9-7-13(8-10-18)12(2)16-14-5-6-15(19)17(3)11-14/h12-14,16H,4-11H2,1-3H3. The Morgan fingerprint density at radius 3 is 2.58 bits per heavy atom. The van der Waals surface area contributed by atoms with Gasteiger partial charge in [0.2, 0.25) is 5.91 Å². The van der Waals surface area contributed by atoms with Crippen molar-refractivity contribution in [3.05, 3.63) is 0 Å². The highest BCUT2D eigenvalue weighted by Gasteiger charge is 2.28. The summed E-state index contributed by atoms with van der Waals surface area (Å²) in [5.41, 5.74) is 0. The number of piperidine rings is 2. The Balaban J connectivity index is 1.75. The lowest BCUT2D eigenvalue weighted by Gasteiger charge is -2.38. The molecule has 0 saturated carbocycles. The maximum Gasteiger partial charge on any atom is 0.222 e. The molecule has 0 aromatic carbocycles. The van der Waals surface area contributed by atoms with E-state index in [0.29, 0.717) is 24.4 Å². The van der Waals surface area contributed by atoms with Crippen molar-refractivity contribution in [1.29, 1.82) is 0 Å². The van der Waals surface area contributed by atoms with E-state index in [2.05, 4.69) is 24.1 Å². The molecule has 0 radical (unpaired) electrons. The van der Waals surface area contributed by atoms with Gasteiger partial charge in [-0.15, -0.1) is 0 Å². The highest BCUT2D eigenvalue weighted by molar-refractivity contribution is 5.76. The molecule has 4 nitrogen and oxygen atoms in total. The SMILES string of the molecule is CCN1CCC(C(C)NC2CCC(=O)N(C)C2)CC1. The lowest BCUT2D eigenvalue weighted by molar-refractivity contribution is -0.132. The number of carbonyl (C=O) groups is 1. The first-order valence-electron chi connectivity index (χ1n) is 7.82. The quantitative estimate of drug-likeness (QED) is 0.834. The van der Waals surface area contributed by atoms with Gasteiger partial charge in [-0.05, 0) is 51.7 Å². The van der Waals surface area contributed by atoms with Crippen LogP contribution in [0, 0.1) is 5.92 Å². The Morgan fingerprint density at radius 1 is 1.32 bits per heavy atom. The Hall–Kier alpha value is -0.610. The molecule has 0 spiro atoms. The number of nitrogens with one attached hydrogen (secondary N) is 1. The molecule has 2 saturated heterocycles. The second kappa shape index (κ2) is 6.71. The predicted octanol–water partition coefficient (Wildman–Crippen LogP) is 1.32. The molecular weight excluding hydrogens is 238 g/mol. The van der Waals surface area contributed by atoms with E-state index >= 15 is 0 Å². The largest absolute Gasteiger partial charge is 0.344 e. The summed E-state index contributed by atoms with van der Waals surface area (Å²) >= 11 is 0. The third kappa shape index (κ3) is 3.93. The van der Waals surface area contributed by atoms with Crippen LogP contribution >= 0.6 is 0 Å². The summed E-state index contributed by atoms with van der Waals surface area (Å²) in [7, 11) is 1.92. The molecule has 1 amide bonds. The van der Waals surface area contributed by atoms with E-state index in [1.807, 2.05) is 11.9 Å². The number of amides is 1. The van der Waals surface area contributed by atoms with Crippen LogP contribution in [0.1, 0.15) is 39.5 Å². The molecular formula is C15H29N3O. The highest BCUT2D eigenvalue weighted by Crippen LogP contribution is 2.21. The van der Waals surface area contributed by atoms with E-state index in [1.165, 1.54) is 32.5 Å². The topological polar surface area (TPSA) is 35.6 Å². The molecule has 0 aromatic heterocycles. The molecule has 0 aromatic rings. The summed E-state index contributed by atoms with van der Waals surface area (Å²) in [6.45, 7) is 9.12. The molecule has 110 valence electrons. The zero-order chi connectivity index (χ0) is 13.8. The number of carbonyl (C=O) groups excluding carboxylic acids is 1. The minimum Gasteiger partial charge on any atom is -0.344 e. The lowest BCUT2D eigenvalue weighted by Crippen LogP contribution is -2.52. The number of likely N-dealkylation sites (tertiary alicyclic amines) is 2. The van der Waals surface area contributed by atoms with Crippen LogP contribution in [-0.4, -0.2) is 61.0 Å². The van der Waals surface area contributed by atoms with Gasteiger partial charge in [0.1, 0.15) is 0 Å². The number of rotatable bonds is 4. The van der Waals surface area contributed by atoms with E-state index in [0.717, 1.165) is 18.9 Å². The number of likely N-dealkylation sites (N-methyl/N-ethyl adjacent to an activating group) is 1. The monoisotopic (exact) mass is 267 g/mol. The molecule has 2 aliphatic rings. The minimum absolute atomic E-state index is 0.293. The van der Waals surface area contributed by atoms with Crippen molar-refractivity contribution < 1.29 is 4.79 Å². The molecule has 2 atom stereocenters. The predicted molar refractivity (Wildman–Crippen MR) is 78.1 cm³/mol. The van der Waals surface area contributed by atoms with Crippen LogP contribution in [0.3, 0.4) is 0 Å². The first-order chi connectivity index (χ1) is 9.10. The van der Waals surface area contributed by atoms with Crippen molar-refractivity contribution in [1.82, 2.24) is 15.1 Å². The average Bonchev–Trinajstić information content (AvgIpc) is 2.43. The van der Waals surface area contributed by atoms with Crippen molar-refractivity contribution in [2.45, 2.75) is 51.6 Å². The molecule has 2 aliphatic heterocycles. The fraction of sp³-hybridized carbons (Fsp3) is 0.933. The summed E-state index contributed by atoms with van der Waals surface area (Å²) in [5.74, 6) is 1.09. The van der Waals surface area contributed by atoms with Crippen LogP contribution in [0.15, 0.2) is 0 Å². The summed E-state index contributed by atoms with van der Waals surface area (Å²) in [4.78, 5) is 15.9. The molecule has 0 bridgehead atoms. The highest BCUT2D eigenvalue weighted by atomic mass is 16.2. The van der Waals surface area contributed by atoms with Crippen molar-refractivity contribution >= 4 is 5.91 Å². The van der Waals surface area contributed by atoms with Crippen molar-refractivity contribution in [3.63, 3.8) is 0 Å². The van der Waals surface area contributed by atoms with Gasteiger partial charge in [0, 0.05) is 32.1 Å². The van der Waals surface area contributed by atoms with Gasteiger partial charge >= 0.3 is 0 Å². The average molecular weight is 267 g/mol. The van der Waals surface area contributed by atoms with E-state index in [-0.39, 0.29) is 0 Å². The van der Waals surface area contributed by atoms with Crippen LogP contribution in [0.25, 0.3) is 0 Å². The zero-order valence-corrected chi connectivity index (χ0v) is 12.7. The van der Waals surface area contributed by atoms with Crippen molar-refractivity contribution in [2.75, 3.05) is 33.2 Å². The Morgan fingerprint density at radius 2 is 2.00 bits per heavy atom. The van der Waals surface area contributed by atoms with Crippen LogP contribution in [0.2, 0.25) is 0 Å². The smallest absolute Gasteiger partial charge is 0.222 e. The molecule has 2 unspecified atom stereocenters. The van der Waals surface area contributed by atoms with Gasteiger partial charge in [0.15, 0.2) is 0 Å². The molecule has 2 rings (SSSR count). The normalized spacial score (nSPS) is 28.7. The van der Waals surface area contributed by atoms with Crippen LogP contribution in [-0.2, 0) is 4.79 Å². The van der Waals surface area contributed by atoms with Gasteiger partial charge in [-0.25, -0.2) is 0 Å².